The van der Waals surface area contributed by atoms with E-state index in [9.17, 15) is 24.6 Å². The third-order valence-electron chi connectivity index (χ3n) is 3.35. The number of hydrogen-bond acceptors (Lipinski definition) is 8. The summed E-state index contributed by atoms with van der Waals surface area (Å²) in [5.41, 5.74) is 5.20. The molecule has 1 rings (SSSR count). The summed E-state index contributed by atoms with van der Waals surface area (Å²) in [5, 5.41) is 42.6. The van der Waals surface area contributed by atoms with Crippen molar-refractivity contribution < 1.29 is 39.5 Å². The summed E-state index contributed by atoms with van der Waals surface area (Å²) < 4.78 is 5.13. The molecule has 8 N–H and O–H groups in total. The van der Waals surface area contributed by atoms with Gasteiger partial charge in [0.25, 0.3) is 0 Å². The molecule has 0 aromatic carbocycles. The molecule has 5 atom stereocenters. The quantitative estimate of drug-likeness (QED) is 0.240. The molecular formula is C13H21N3O8. The minimum absolute atomic E-state index is 0.382. The van der Waals surface area contributed by atoms with E-state index in [0.29, 0.717) is 0 Å². The fourth-order valence-corrected chi connectivity index (χ4v) is 2.24. The number of aliphatic hydroxyl groups is 3. The molecule has 0 saturated carbocycles. The third-order valence-corrected chi connectivity index (χ3v) is 3.35. The van der Waals surface area contributed by atoms with Gasteiger partial charge in [-0.15, -0.1) is 0 Å². The molecule has 1 aliphatic rings. The van der Waals surface area contributed by atoms with Crippen LogP contribution in [-0.4, -0.2) is 81.8 Å². The average Bonchev–Trinajstić information content (AvgIpc) is 2.53. The molecule has 1 aliphatic heterocycles. The van der Waals surface area contributed by atoms with Gasteiger partial charge in [-0.05, 0) is 6.08 Å². The van der Waals surface area contributed by atoms with E-state index in [4.69, 9.17) is 20.7 Å². The lowest BCUT2D eigenvalue weighted by Gasteiger charge is -2.40. The molecule has 1 heterocycles. The Morgan fingerprint density at radius 2 is 1.96 bits per heavy atom. The summed E-state index contributed by atoms with van der Waals surface area (Å²) in [6.07, 6.45) is -3.77. The Morgan fingerprint density at radius 3 is 2.42 bits per heavy atom. The number of carbonyl (C=O) groups is 3. The summed E-state index contributed by atoms with van der Waals surface area (Å²) in [4.78, 5) is 34.1. The van der Waals surface area contributed by atoms with Crippen LogP contribution in [0.1, 0.15) is 6.92 Å². The number of carboxylic acids is 1. The van der Waals surface area contributed by atoms with Crippen LogP contribution in [0.4, 0.5) is 0 Å². The predicted molar refractivity (Wildman–Crippen MR) is 78.3 cm³/mol. The normalized spacial score (nSPS) is 25.7. The molecule has 0 aromatic heterocycles. The first-order valence-electron chi connectivity index (χ1n) is 7.06. The number of ether oxygens (including phenoxy) is 1. The largest absolute Gasteiger partial charge is 0.478 e. The first-order valence-corrected chi connectivity index (χ1v) is 7.06. The second-order valence-corrected chi connectivity index (χ2v) is 5.18. The van der Waals surface area contributed by atoms with Gasteiger partial charge in [-0.1, -0.05) is 0 Å². The molecule has 0 fully saturated rings. The monoisotopic (exact) mass is 347 g/mol. The molecule has 0 radical (unpaired) electrons. The van der Waals surface area contributed by atoms with Crippen LogP contribution in [-0.2, 0) is 19.1 Å². The predicted octanol–water partition coefficient (Wildman–Crippen LogP) is -3.98. The van der Waals surface area contributed by atoms with Gasteiger partial charge in [0.05, 0.1) is 25.2 Å². The van der Waals surface area contributed by atoms with Gasteiger partial charge in [0, 0.05) is 6.92 Å². The third kappa shape index (κ3) is 4.89. The Morgan fingerprint density at radius 1 is 1.33 bits per heavy atom. The number of amides is 2. The highest BCUT2D eigenvalue weighted by molar-refractivity contribution is 5.85. The van der Waals surface area contributed by atoms with Crippen LogP contribution in [0.5, 0.6) is 0 Å². The number of aliphatic carboxylic acids is 1. The van der Waals surface area contributed by atoms with E-state index < -0.39 is 60.5 Å². The van der Waals surface area contributed by atoms with Gasteiger partial charge in [0.2, 0.25) is 17.6 Å². The van der Waals surface area contributed by atoms with E-state index in [1.807, 2.05) is 0 Å². The van der Waals surface area contributed by atoms with Gasteiger partial charge in [0.1, 0.15) is 18.3 Å². The summed E-state index contributed by atoms with van der Waals surface area (Å²) in [6.45, 7) is -0.0310. The van der Waals surface area contributed by atoms with Gasteiger partial charge >= 0.3 is 5.97 Å². The number of carbonyl (C=O) groups excluding carboxylic acids is 2. The van der Waals surface area contributed by atoms with E-state index in [1.165, 1.54) is 6.92 Å². The van der Waals surface area contributed by atoms with Crippen molar-refractivity contribution in [2.45, 2.75) is 37.3 Å². The van der Waals surface area contributed by atoms with Crippen molar-refractivity contribution in [3.8, 4) is 0 Å². The molecule has 0 spiro atoms. The second kappa shape index (κ2) is 8.59. The smallest absolute Gasteiger partial charge is 0.370 e. The maximum absolute atomic E-state index is 11.5. The molecule has 24 heavy (non-hydrogen) atoms. The van der Waals surface area contributed by atoms with Crippen LogP contribution in [0.15, 0.2) is 11.8 Å². The van der Waals surface area contributed by atoms with Crippen LogP contribution < -0.4 is 16.4 Å². The topological polar surface area (TPSA) is 191 Å². The van der Waals surface area contributed by atoms with E-state index in [2.05, 4.69) is 10.6 Å². The van der Waals surface area contributed by atoms with Crippen molar-refractivity contribution in [3.05, 3.63) is 11.8 Å². The Balaban J connectivity index is 3.22. The number of aliphatic hydroxyl groups excluding tert-OH is 3. The Labute approximate surface area is 137 Å². The molecule has 11 heteroatoms. The fraction of sp³-hybridized carbons (Fsp3) is 0.615. The number of nitrogens with two attached hydrogens (primary N) is 1. The lowest BCUT2D eigenvalue weighted by atomic mass is 9.92. The van der Waals surface area contributed by atoms with Gasteiger partial charge in [-0.3, -0.25) is 9.59 Å². The molecule has 11 nitrogen and oxygen atoms in total. The molecule has 0 aliphatic carbocycles. The van der Waals surface area contributed by atoms with Crippen LogP contribution in [0.3, 0.4) is 0 Å². The van der Waals surface area contributed by atoms with Gasteiger partial charge < -0.3 is 41.5 Å². The number of nitrogens with one attached hydrogen (secondary N) is 2. The average molecular weight is 347 g/mol. The van der Waals surface area contributed by atoms with Crippen LogP contribution in [0.25, 0.3) is 0 Å². The van der Waals surface area contributed by atoms with Crippen molar-refractivity contribution in [1.29, 1.82) is 0 Å². The molecule has 136 valence electrons. The Bertz CT molecular complexity index is 523. The van der Waals surface area contributed by atoms with E-state index in [0.717, 1.165) is 6.08 Å². The lowest BCUT2D eigenvalue weighted by Crippen LogP contribution is -2.64. The standard InChI is InChI=1S/C13H21N3O8/c1-5(18)15-10-6(16-9(20)3-14)2-8(13(22)23)24-12(10)11(21)7(19)4-17/h2,6-7,10-12,17,19,21H,3-4,14H2,1H3,(H,15,18)(H,16,20)(H,22,23)/t6-,7+,10+,11+,12+/m0/s1. The highest BCUT2D eigenvalue weighted by Gasteiger charge is 2.43. The first-order chi connectivity index (χ1) is 11.2. The SMILES string of the molecule is CC(=O)N[C@H]1[C@H]([C@H](O)[C@H](O)CO)OC(C(=O)O)=C[C@@H]1NC(=O)CN. The molecular weight excluding hydrogens is 326 g/mol. The Kier molecular flexibility index (Phi) is 7.10. The van der Waals surface area contributed by atoms with Crippen LogP contribution in [0, 0.1) is 0 Å². The minimum atomic E-state index is -1.73. The molecule has 2 amide bonds. The molecule has 0 saturated heterocycles. The van der Waals surface area contributed by atoms with Gasteiger partial charge in [0.15, 0.2) is 0 Å². The number of carboxylic acid groups (broad SMARTS) is 1. The summed E-state index contributed by atoms with van der Waals surface area (Å²) in [5.74, 6) is -3.24. The maximum Gasteiger partial charge on any atom is 0.370 e. The first kappa shape index (κ1) is 19.8. The van der Waals surface area contributed by atoms with E-state index in [-0.39, 0.29) is 6.54 Å². The molecule has 0 bridgehead atoms. The van der Waals surface area contributed by atoms with Crippen LogP contribution >= 0.6 is 0 Å². The highest BCUT2D eigenvalue weighted by atomic mass is 16.5. The van der Waals surface area contributed by atoms with E-state index >= 15 is 0 Å². The van der Waals surface area contributed by atoms with Crippen molar-refractivity contribution in [2.24, 2.45) is 5.73 Å². The highest BCUT2D eigenvalue weighted by Crippen LogP contribution is 2.23. The number of rotatable bonds is 7. The summed E-state index contributed by atoms with van der Waals surface area (Å²) >= 11 is 0. The second-order valence-electron chi connectivity index (χ2n) is 5.18. The van der Waals surface area contributed by atoms with Crippen molar-refractivity contribution in [1.82, 2.24) is 10.6 Å². The maximum atomic E-state index is 11.5. The zero-order valence-electron chi connectivity index (χ0n) is 12.9. The lowest BCUT2D eigenvalue weighted by molar-refractivity contribution is -0.147. The minimum Gasteiger partial charge on any atom is -0.478 e. The Hall–Kier alpha value is -2.21. The van der Waals surface area contributed by atoms with Gasteiger partial charge in [-0.25, -0.2) is 4.79 Å². The van der Waals surface area contributed by atoms with Crippen molar-refractivity contribution in [3.63, 3.8) is 0 Å². The van der Waals surface area contributed by atoms with Gasteiger partial charge in [-0.2, -0.15) is 0 Å². The number of hydrogen-bond donors (Lipinski definition) is 7. The van der Waals surface area contributed by atoms with Crippen LogP contribution in [0.2, 0.25) is 0 Å². The zero-order chi connectivity index (χ0) is 18.4. The zero-order valence-corrected chi connectivity index (χ0v) is 12.9. The van der Waals surface area contributed by atoms with E-state index in [1.54, 1.807) is 0 Å². The molecule has 0 aromatic rings. The summed E-state index contributed by atoms with van der Waals surface area (Å²) in [6, 6.07) is -2.16. The van der Waals surface area contributed by atoms with Crippen molar-refractivity contribution >= 4 is 17.8 Å². The summed E-state index contributed by atoms with van der Waals surface area (Å²) in [7, 11) is 0. The fourth-order valence-electron chi connectivity index (χ4n) is 2.24. The van der Waals surface area contributed by atoms with Crippen molar-refractivity contribution in [2.75, 3.05) is 13.2 Å². The molecule has 0 unspecified atom stereocenters.